The molecule has 0 aliphatic rings. The lowest BCUT2D eigenvalue weighted by Gasteiger charge is -2.08. The molecule has 2 rings (SSSR count). The smallest absolute Gasteiger partial charge is 0.207 e. The summed E-state index contributed by atoms with van der Waals surface area (Å²) < 4.78 is 26.7. The Bertz CT molecular complexity index is 589. The SMILES string of the molecule is Cc1ccccc1S(=O)(=O)NCc1ccsc1. The summed E-state index contributed by atoms with van der Waals surface area (Å²) in [7, 11) is -3.41. The predicted molar refractivity (Wildman–Crippen MR) is 69.5 cm³/mol. The molecular formula is C12H13NO2S2. The van der Waals surface area contributed by atoms with Crippen LogP contribution in [-0.4, -0.2) is 8.42 Å². The summed E-state index contributed by atoms with van der Waals surface area (Å²) in [5.41, 5.74) is 1.73. The van der Waals surface area contributed by atoms with E-state index in [0.717, 1.165) is 11.1 Å². The molecule has 0 unspecified atom stereocenters. The van der Waals surface area contributed by atoms with E-state index in [4.69, 9.17) is 0 Å². The van der Waals surface area contributed by atoms with E-state index < -0.39 is 10.0 Å². The topological polar surface area (TPSA) is 46.2 Å². The Kier molecular flexibility index (Phi) is 3.61. The molecule has 0 atom stereocenters. The Morgan fingerprint density at radius 3 is 2.65 bits per heavy atom. The first-order chi connectivity index (χ1) is 8.09. The van der Waals surface area contributed by atoms with Crippen LogP contribution in [0.25, 0.3) is 0 Å². The van der Waals surface area contributed by atoms with E-state index >= 15 is 0 Å². The van der Waals surface area contributed by atoms with Crippen LogP contribution in [-0.2, 0) is 16.6 Å². The molecule has 5 heteroatoms. The van der Waals surface area contributed by atoms with E-state index in [0.29, 0.717) is 11.4 Å². The van der Waals surface area contributed by atoms with Crippen molar-refractivity contribution in [2.75, 3.05) is 0 Å². The standard InChI is InChI=1S/C12H13NO2S2/c1-10-4-2-3-5-12(10)17(14,15)13-8-11-6-7-16-9-11/h2-7,9,13H,8H2,1H3. The molecule has 1 aromatic heterocycles. The van der Waals surface area contributed by atoms with Gasteiger partial charge in [-0.1, -0.05) is 18.2 Å². The van der Waals surface area contributed by atoms with Gasteiger partial charge in [-0.3, -0.25) is 0 Å². The maximum atomic E-state index is 12.0. The molecular weight excluding hydrogens is 254 g/mol. The third kappa shape index (κ3) is 2.94. The molecule has 0 aliphatic carbocycles. The van der Waals surface area contributed by atoms with Crippen LogP contribution in [0.2, 0.25) is 0 Å². The largest absolute Gasteiger partial charge is 0.241 e. The molecule has 0 bridgehead atoms. The zero-order valence-corrected chi connectivity index (χ0v) is 11.0. The first kappa shape index (κ1) is 12.3. The van der Waals surface area contributed by atoms with E-state index in [1.165, 1.54) is 0 Å². The van der Waals surface area contributed by atoms with Gasteiger partial charge in [-0.05, 0) is 40.9 Å². The average molecular weight is 267 g/mol. The van der Waals surface area contributed by atoms with Crippen LogP contribution in [0, 0.1) is 6.92 Å². The molecule has 0 aliphatic heterocycles. The van der Waals surface area contributed by atoms with Gasteiger partial charge in [0.1, 0.15) is 0 Å². The molecule has 1 N–H and O–H groups in total. The first-order valence-electron chi connectivity index (χ1n) is 5.16. The van der Waals surface area contributed by atoms with Crippen LogP contribution in [0.5, 0.6) is 0 Å². The van der Waals surface area contributed by atoms with Crippen LogP contribution < -0.4 is 4.72 Å². The molecule has 0 radical (unpaired) electrons. The molecule has 0 fully saturated rings. The van der Waals surface area contributed by atoms with Gasteiger partial charge in [0.15, 0.2) is 0 Å². The average Bonchev–Trinajstić information content (AvgIpc) is 2.80. The van der Waals surface area contributed by atoms with Crippen molar-refractivity contribution in [2.24, 2.45) is 0 Å². The van der Waals surface area contributed by atoms with Gasteiger partial charge in [-0.25, -0.2) is 13.1 Å². The summed E-state index contributed by atoms with van der Waals surface area (Å²) in [5.74, 6) is 0. The van der Waals surface area contributed by atoms with E-state index in [1.807, 2.05) is 22.9 Å². The highest BCUT2D eigenvalue weighted by Gasteiger charge is 2.15. The number of benzene rings is 1. The van der Waals surface area contributed by atoms with Crippen LogP contribution in [0.15, 0.2) is 46.0 Å². The Hall–Kier alpha value is -1.17. The third-order valence-electron chi connectivity index (χ3n) is 2.43. The minimum absolute atomic E-state index is 0.333. The van der Waals surface area contributed by atoms with E-state index in [-0.39, 0.29) is 0 Å². The molecule has 1 heterocycles. The molecule has 90 valence electrons. The van der Waals surface area contributed by atoms with Crippen molar-refractivity contribution in [3.8, 4) is 0 Å². The Labute approximate surface area is 105 Å². The second kappa shape index (κ2) is 5.00. The van der Waals surface area contributed by atoms with Crippen molar-refractivity contribution < 1.29 is 8.42 Å². The summed E-state index contributed by atoms with van der Waals surface area (Å²) in [6, 6.07) is 8.87. The summed E-state index contributed by atoms with van der Waals surface area (Å²) in [6.07, 6.45) is 0. The van der Waals surface area contributed by atoms with Gasteiger partial charge in [0, 0.05) is 6.54 Å². The van der Waals surface area contributed by atoms with Gasteiger partial charge in [-0.2, -0.15) is 11.3 Å². The van der Waals surface area contributed by atoms with E-state index in [2.05, 4.69) is 4.72 Å². The van der Waals surface area contributed by atoms with Crippen molar-refractivity contribution >= 4 is 21.4 Å². The number of nitrogens with one attached hydrogen (secondary N) is 1. The van der Waals surface area contributed by atoms with Crippen molar-refractivity contribution in [1.82, 2.24) is 4.72 Å². The second-order valence-electron chi connectivity index (χ2n) is 3.72. The molecule has 0 saturated heterocycles. The fourth-order valence-electron chi connectivity index (χ4n) is 1.51. The predicted octanol–water partition coefficient (Wildman–Crippen LogP) is 2.54. The molecule has 2 aromatic rings. The Morgan fingerprint density at radius 1 is 1.24 bits per heavy atom. The van der Waals surface area contributed by atoms with Crippen molar-refractivity contribution in [2.45, 2.75) is 18.4 Å². The summed E-state index contributed by atoms with van der Waals surface area (Å²) in [5, 5.41) is 3.86. The lowest BCUT2D eigenvalue weighted by atomic mass is 10.2. The van der Waals surface area contributed by atoms with Crippen molar-refractivity contribution in [3.63, 3.8) is 0 Å². The molecule has 17 heavy (non-hydrogen) atoms. The van der Waals surface area contributed by atoms with Gasteiger partial charge < -0.3 is 0 Å². The monoisotopic (exact) mass is 267 g/mol. The van der Waals surface area contributed by atoms with Crippen LogP contribution in [0.3, 0.4) is 0 Å². The highest BCUT2D eigenvalue weighted by Crippen LogP contribution is 2.14. The highest BCUT2D eigenvalue weighted by molar-refractivity contribution is 7.89. The normalized spacial score (nSPS) is 11.6. The molecule has 0 spiro atoms. The lowest BCUT2D eigenvalue weighted by molar-refractivity contribution is 0.581. The number of hydrogen-bond donors (Lipinski definition) is 1. The fraction of sp³-hybridized carbons (Fsp3) is 0.167. The Morgan fingerprint density at radius 2 is 2.00 bits per heavy atom. The zero-order valence-electron chi connectivity index (χ0n) is 9.38. The number of thiophene rings is 1. The molecule has 0 saturated carbocycles. The lowest BCUT2D eigenvalue weighted by Crippen LogP contribution is -2.23. The summed E-state index contributed by atoms with van der Waals surface area (Å²) >= 11 is 1.55. The van der Waals surface area contributed by atoms with Crippen LogP contribution in [0.4, 0.5) is 0 Å². The van der Waals surface area contributed by atoms with Gasteiger partial charge in [0.2, 0.25) is 10.0 Å². The highest BCUT2D eigenvalue weighted by atomic mass is 32.2. The van der Waals surface area contributed by atoms with Crippen molar-refractivity contribution in [3.05, 3.63) is 52.2 Å². The fourth-order valence-corrected chi connectivity index (χ4v) is 3.44. The summed E-state index contributed by atoms with van der Waals surface area (Å²) in [6.45, 7) is 2.12. The van der Waals surface area contributed by atoms with Gasteiger partial charge in [0.25, 0.3) is 0 Å². The number of hydrogen-bond acceptors (Lipinski definition) is 3. The van der Waals surface area contributed by atoms with E-state index in [1.54, 1.807) is 36.5 Å². The minimum atomic E-state index is -3.41. The maximum Gasteiger partial charge on any atom is 0.241 e. The summed E-state index contributed by atoms with van der Waals surface area (Å²) in [4.78, 5) is 0.343. The number of aryl methyl sites for hydroxylation is 1. The third-order valence-corrected chi connectivity index (χ3v) is 4.72. The number of sulfonamides is 1. The molecule has 1 aromatic carbocycles. The van der Waals surface area contributed by atoms with Gasteiger partial charge >= 0.3 is 0 Å². The second-order valence-corrected chi connectivity index (χ2v) is 6.24. The van der Waals surface area contributed by atoms with Crippen LogP contribution in [0.1, 0.15) is 11.1 Å². The minimum Gasteiger partial charge on any atom is -0.207 e. The molecule has 0 amide bonds. The molecule has 3 nitrogen and oxygen atoms in total. The maximum absolute atomic E-state index is 12.0. The van der Waals surface area contributed by atoms with Crippen LogP contribution >= 0.6 is 11.3 Å². The van der Waals surface area contributed by atoms with Crippen molar-refractivity contribution in [1.29, 1.82) is 0 Å². The van der Waals surface area contributed by atoms with Gasteiger partial charge in [0.05, 0.1) is 4.90 Å². The number of rotatable bonds is 4. The van der Waals surface area contributed by atoms with E-state index in [9.17, 15) is 8.42 Å². The Balaban J connectivity index is 2.17. The quantitative estimate of drug-likeness (QED) is 0.925. The zero-order chi connectivity index (χ0) is 12.3. The first-order valence-corrected chi connectivity index (χ1v) is 7.58. The van der Waals surface area contributed by atoms with Gasteiger partial charge in [-0.15, -0.1) is 0 Å².